The fraction of sp³-hybridized carbons (Fsp3) is 0.882. The van der Waals surface area contributed by atoms with Crippen LogP contribution < -0.4 is 0 Å². The van der Waals surface area contributed by atoms with Crippen LogP contribution in [0.4, 0.5) is 0 Å². The highest BCUT2D eigenvalue weighted by Crippen LogP contribution is 2.91. The molecule has 4 fully saturated rings. The van der Waals surface area contributed by atoms with Crippen LogP contribution in [0.3, 0.4) is 0 Å². The van der Waals surface area contributed by atoms with E-state index < -0.39 is 0 Å². The van der Waals surface area contributed by atoms with E-state index in [-0.39, 0.29) is 0 Å². The molecule has 5 aliphatic carbocycles. The van der Waals surface area contributed by atoms with E-state index in [0.29, 0.717) is 16.2 Å². The second-order valence-electron chi connectivity index (χ2n) is 8.45. The van der Waals surface area contributed by atoms with E-state index in [2.05, 4.69) is 34.6 Å². The summed E-state index contributed by atoms with van der Waals surface area (Å²) >= 11 is 0. The summed E-state index contributed by atoms with van der Waals surface area (Å²) in [5.41, 5.74) is 5.60. The molecular weight excluding hydrogens is 204 g/mol. The molecule has 8 unspecified atom stereocenters. The van der Waals surface area contributed by atoms with Crippen LogP contribution in [0.25, 0.3) is 0 Å². The highest BCUT2D eigenvalue weighted by molar-refractivity contribution is 5.51. The monoisotopic (exact) mass is 228 g/mol. The molecule has 0 saturated heterocycles. The molecule has 0 spiro atoms. The third-order valence-corrected chi connectivity index (χ3v) is 9.32. The van der Waals surface area contributed by atoms with Crippen LogP contribution in [-0.2, 0) is 0 Å². The Morgan fingerprint density at radius 1 is 1.06 bits per heavy atom. The summed E-state index contributed by atoms with van der Waals surface area (Å²) in [6, 6.07) is 0. The summed E-state index contributed by atoms with van der Waals surface area (Å²) in [6.07, 6.45) is 3.03. The molecule has 4 saturated carbocycles. The summed E-state index contributed by atoms with van der Waals surface area (Å²) in [4.78, 5) is 0. The van der Waals surface area contributed by atoms with Crippen molar-refractivity contribution in [2.45, 2.75) is 47.5 Å². The molecule has 0 aliphatic heterocycles. The Morgan fingerprint density at radius 3 is 2.47 bits per heavy atom. The van der Waals surface area contributed by atoms with Gasteiger partial charge in [0.05, 0.1) is 0 Å². The van der Waals surface area contributed by atoms with Gasteiger partial charge < -0.3 is 0 Å². The molecule has 0 aromatic rings. The van der Waals surface area contributed by atoms with E-state index in [4.69, 9.17) is 0 Å². The zero-order chi connectivity index (χ0) is 12.0. The first kappa shape index (κ1) is 9.64. The summed E-state index contributed by atoms with van der Waals surface area (Å²) in [5.74, 6) is 5.11. The summed E-state index contributed by atoms with van der Waals surface area (Å²) in [7, 11) is 0. The largest absolute Gasteiger partial charge is 0.0667 e. The maximum atomic E-state index is 2.66. The lowest BCUT2D eigenvalue weighted by atomic mass is 9.56. The fourth-order valence-corrected chi connectivity index (χ4v) is 8.49. The van der Waals surface area contributed by atoms with E-state index in [9.17, 15) is 0 Å². The minimum absolute atomic E-state index is 0.571. The van der Waals surface area contributed by atoms with Crippen molar-refractivity contribution in [3.8, 4) is 0 Å². The Bertz CT molecular complexity index is 498. The van der Waals surface area contributed by atoms with E-state index in [0.717, 1.165) is 29.6 Å². The topological polar surface area (TPSA) is 0 Å². The minimum Gasteiger partial charge on any atom is -0.0667 e. The van der Waals surface area contributed by atoms with E-state index >= 15 is 0 Å². The minimum atomic E-state index is 0.571. The highest BCUT2D eigenvalue weighted by atomic mass is 14.9. The SMILES string of the molecule is CC1=C2CC3C4C5CC(C(C)C5(C)C13C)C24C. The van der Waals surface area contributed by atoms with Gasteiger partial charge in [-0.3, -0.25) is 0 Å². The van der Waals surface area contributed by atoms with Crippen LogP contribution in [0.5, 0.6) is 0 Å². The molecule has 4 bridgehead atoms. The summed E-state index contributed by atoms with van der Waals surface area (Å²) in [5, 5.41) is 0. The van der Waals surface area contributed by atoms with Gasteiger partial charge in [-0.1, -0.05) is 38.8 Å². The Labute approximate surface area is 105 Å². The molecule has 5 aliphatic rings. The molecule has 0 radical (unpaired) electrons. The van der Waals surface area contributed by atoms with E-state index in [1.165, 1.54) is 6.42 Å². The van der Waals surface area contributed by atoms with Crippen molar-refractivity contribution in [3.05, 3.63) is 11.1 Å². The predicted molar refractivity (Wildman–Crippen MR) is 69.4 cm³/mol. The predicted octanol–water partition coefficient (Wildman–Crippen LogP) is 4.27. The molecule has 8 atom stereocenters. The quantitative estimate of drug-likeness (QED) is 0.543. The first-order valence-corrected chi connectivity index (χ1v) is 7.60. The Hall–Kier alpha value is -0.260. The van der Waals surface area contributed by atoms with Crippen molar-refractivity contribution in [1.29, 1.82) is 0 Å². The number of rotatable bonds is 0. The van der Waals surface area contributed by atoms with Gasteiger partial charge in [-0.15, -0.1) is 0 Å². The van der Waals surface area contributed by atoms with Crippen LogP contribution in [0, 0.1) is 45.8 Å². The number of fused-ring (bicyclic) bond motifs is 5. The highest BCUT2D eigenvalue weighted by Gasteiger charge is 2.85. The number of hydrogen-bond donors (Lipinski definition) is 0. The van der Waals surface area contributed by atoms with Crippen LogP contribution >= 0.6 is 0 Å². The van der Waals surface area contributed by atoms with Gasteiger partial charge in [0, 0.05) is 0 Å². The van der Waals surface area contributed by atoms with Gasteiger partial charge >= 0.3 is 0 Å². The van der Waals surface area contributed by atoms with Crippen molar-refractivity contribution in [2.24, 2.45) is 45.8 Å². The normalized spacial score (nSPS) is 73.6. The van der Waals surface area contributed by atoms with Gasteiger partial charge in [-0.05, 0) is 65.6 Å². The zero-order valence-electron chi connectivity index (χ0n) is 11.8. The maximum absolute atomic E-state index is 2.66. The average Bonchev–Trinajstić information content (AvgIpc) is 2.92. The molecule has 0 aromatic heterocycles. The van der Waals surface area contributed by atoms with Gasteiger partial charge in [0.15, 0.2) is 0 Å². The van der Waals surface area contributed by atoms with Crippen molar-refractivity contribution in [2.75, 3.05) is 0 Å². The Kier molecular flexibility index (Phi) is 1.17. The summed E-state index contributed by atoms with van der Waals surface area (Å²) < 4.78 is 0. The van der Waals surface area contributed by atoms with Crippen molar-refractivity contribution >= 4 is 0 Å². The third-order valence-electron chi connectivity index (χ3n) is 9.32. The molecule has 0 aromatic carbocycles. The molecule has 0 nitrogen and oxygen atoms in total. The van der Waals surface area contributed by atoms with Crippen molar-refractivity contribution < 1.29 is 0 Å². The first-order valence-electron chi connectivity index (χ1n) is 7.60. The van der Waals surface area contributed by atoms with Gasteiger partial charge in [0.25, 0.3) is 0 Å². The lowest BCUT2D eigenvalue weighted by Gasteiger charge is -2.47. The van der Waals surface area contributed by atoms with Crippen LogP contribution in [0.15, 0.2) is 11.1 Å². The van der Waals surface area contributed by atoms with Crippen LogP contribution in [-0.4, -0.2) is 0 Å². The third kappa shape index (κ3) is 0.532. The lowest BCUT2D eigenvalue weighted by molar-refractivity contribution is 0.0188. The molecule has 0 heteroatoms. The van der Waals surface area contributed by atoms with Crippen molar-refractivity contribution in [3.63, 3.8) is 0 Å². The molecule has 0 N–H and O–H groups in total. The Morgan fingerprint density at radius 2 is 1.76 bits per heavy atom. The molecule has 0 heterocycles. The standard InChI is InChI=1S/C17H24/c1-8-10-6-12-14-13-7-11(15(10,14)3)9(2)17(13,5)16(8,12)4/h8,10,12-14H,6-7H2,1-5H3. The second-order valence-corrected chi connectivity index (χ2v) is 8.45. The average molecular weight is 228 g/mol. The number of hydrogen-bond acceptors (Lipinski definition) is 0. The van der Waals surface area contributed by atoms with Crippen molar-refractivity contribution in [1.82, 2.24) is 0 Å². The first-order chi connectivity index (χ1) is 7.89. The van der Waals surface area contributed by atoms with Gasteiger partial charge in [-0.25, -0.2) is 0 Å². The number of allylic oxidation sites excluding steroid dienone is 2. The van der Waals surface area contributed by atoms with Gasteiger partial charge in [0.2, 0.25) is 0 Å². The Balaban J connectivity index is 1.96. The van der Waals surface area contributed by atoms with Crippen LogP contribution in [0.1, 0.15) is 47.5 Å². The fourth-order valence-electron chi connectivity index (χ4n) is 8.49. The molecule has 5 rings (SSSR count). The zero-order valence-corrected chi connectivity index (χ0v) is 11.8. The van der Waals surface area contributed by atoms with Gasteiger partial charge in [-0.2, -0.15) is 0 Å². The van der Waals surface area contributed by atoms with E-state index in [1.807, 2.05) is 11.1 Å². The molecular formula is C17H24. The smallest absolute Gasteiger partial charge is 0.00228 e. The van der Waals surface area contributed by atoms with E-state index in [1.54, 1.807) is 6.42 Å². The van der Waals surface area contributed by atoms with Gasteiger partial charge in [0.1, 0.15) is 0 Å². The molecule has 17 heavy (non-hydrogen) atoms. The molecule has 0 amide bonds. The molecule has 92 valence electrons. The van der Waals surface area contributed by atoms with Crippen LogP contribution in [0.2, 0.25) is 0 Å². The summed E-state index contributed by atoms with van der Waals surface area (Å²) in [6.45, 7) is 13.0. The lowest BCUT2D eigenvalue weighted by Crippen LogP contribution is -2.43. The maximum Gasteiger partial charge on any atom is -0.00228 e. The second kappa shape index (κ2) is 2.06.